The van der Waals surface area contributed by atoms with Crippen molar-refractivity contribution in [3.63, 3.8) is 0 Å². The molecule has 6 aliphatic rings. The molecule has 0 atom stereocenters. The Morgan fingerprint density at radius 3 is 0.804 bits per heavy atom. The van der Waals surface area contributed by atoms with E-state index in [1.54, 1.807) is 0 Å². The molecule has 2 heteroatoms. The zero-order valence-corrected chi connectivity index (χ0v) is 27.8. The topological polar surface area (TPSA) is 0 Å². The zero-order chi connectivity index (χ0) is 30.0. The summed E-state index contributed by atoms with van der Waals surface area (Å²) in [5.74, 6) is 0.902. The molecule has 0 amide bonds. The molecular weight excluding hydrogens is 688 g/mol. The van der Waals surface area contributed by atoms with Crippen molar-refractivity contribution in [1.29, 1.82) is 0 Å². The Balaban J connectivity index is 1.24. The van der Waals surface area contributed by atoms with Crippen molar-refractivity contribution in [2.75, 3.05) is 0 Å². The molecule has 0 aromatic heterocycles. The first-order valence-corrected chi connectivity index (χ1v) is 17.8. The van der Waals surface area contributed by atoms with Gasteiger partial charge in [-0.25, -0.2) is 0 Å². The van der Waals surface area contributed by atoms with Crippen LogP contribution in [0.25, 0.3) is 32.3 Å². The van der Waals surface area contributed by atoms with E-state index in [0.29, 0.717) is 0 Å². The molecule has 0 saturated carbocycles. The van der Waals surface area contributed by atoms with Crippen molar-refractivity contribution in [2.24, 2.45) is 0 Å². The molecule has 0 nitrogen and oxygen atoms in total. The second kappa shape index (κ2) is 8.37. The summed E-state index contributed by atoms with van der Waals surface area (Å²) in [7, 11) is 0. The monoisotopic (exact) mass is 710 g/mol. The molecule has 214 valence electrons. The van der Waals surface area contributed by atoms with Gasteiger partial charge in [0.05, 0.1) is 0 Å². The Morgan fingerprint density at radius 1 is 0.283 bits per heavy atom. The van der Waals surface area contributed by atoms with Crippen molar-refractivity contribution in [1.82, 2.24) is 0 Å². The lowest BCUT2D eigenvalue weighted by molar-refractivity contribution is 0.757. The highest BCUT2D eigenvalue weighted by molar-refractivity contribution is 9.11. The van der Waals surface area contributed by atoms with Gasteiger partial charge in [-0.15, -0.1) is 0 Å². The second-order valence-electron chi connectivity index (χ2n) is 13.6. The third-order valence-corrected chi connectivity index (χ3v) is 13.6. The number of hydrogen-bond acceptors (Lipinski definition) is 0. The van der Waals surface area contributed by atoms with Gasteiger partial charge in [-0.3, -0.25) is 0 Å². The molecule has 0 spiro atoms. The standard InChI is InChI=1S/C44H24Br2/c45-43-31-20-18-30-38-32(44(46)42-36-27-15-7-3-11-23(27)34(40(30)42)24-12-4-8-16-28(24)36)19-17-29(37(31)38)39-33-21-9-1-5-13-25(21)35(41(39)43)26-14-6-2-10-22(26)33/h1-20,33-36H. The largest absolute Gasteiger partial charge is 0.0619 e. The molecule has 14 rings (SSSR count). The first-order valence-electron chi connectivity index (χ1n) is 16.2. The highest BCUT2D eigenvalue weighted by Crippen LogP contribution is 2.63. The maximum atomic E-state index is 4.27. The summed E-state index contributed by atoms with van der Waals surface area (Å²) >= 11 is 8.55. The fraction of sp³-hybridized carbons (Fsp3) is 0.0909. The summed E-state index contributed by atoms with van der Waals surface area (Å²) in [6.07, 6.45) is 0. The highest BCUT2D eigenvalue weighted by Gasteiger charge is 2.46. The van der Waals surface area contributed by atoms with Crippen LogP contribution in [0, 0.1) is 0 Å². The Hall–Kier alpha value is -4.24. The van der Waals surface area contributed by atoms with Crippen LogP contribution in [0.3, 0.4) is 0 Å². The van der Waals surface area contributed by atoms with E-state index in [-0.39, 0.29) is 23.7 Å². The van der Waals surface area contributed by atoms with Crippen LogP contribution in [0.15, 0.2) is 130 Å². The van der Waals surface area contributed by atoms with Gasteiger partial charge in [0.2, 0.25) is 0 Å². The summed E-state index contributed by atoms with van der Waals surface area (Å²) in [6, 6.07) is 46.4. The Morgan fingerprint density at radius 2 is 0.522 bits per heavy atom. The third kappa shape index (κ3) is 2.66. The minimum Gasteiger partial charge on any atom is -0.0619 e. The second-order valence-corrected chi connectivity index (χ2v) is 15.2. The molecule has 0 radical (unpaired) electrons. The van der Waals surface area contributed by atoms with Gasteiger partial charge in [0.15, 0.2) is 0 Å². The predicted octanol–water partition coefficient (Wildman–Crippen LogP) is 12.1. The molecular formula is C44H24Br2. The molecule has 46 heavy (non-hydrogen) atoms. The van der Waals surface area contributed by atoms with Crippen LogP contribution < -0.4 is 0 Å². The molecule has 4 bridgehead atoms. The Kier molecular flexibility index (Phi) is 4.53. The van der Waals surface area contributed by atoms with Gasteiger partial charge in [-0.1, -0.05) is 121 Å². The van der Waals surface area contributed by atoms with Gasteiger partial charge < -0.3 is 0 Å². The number of hydrogen-bond donors (Lipinski definition) is 0. The lowest BCUT2D eigenvalue weighted by atomic mass is 9.59. The van der Waals surface area contributed by atoms with Gasteiger partial charge in [-0.2, -0.15) is 0 Å². The van der Waals surface area contributed by atoms with Crippen LogP contribution >= 0.6 is 31.9 Å². The van der Waals surface area contributed by atoms with Crippen molar-refractivity contribution < 1.29 is 0 Å². The van der Waals surface area contributed by atoms with Crippen molar-refractivity contribution in [2.45, 2.75) is 23.7 Å². The molecule has 0 saturated heterocycles. The Bertz CT molecular complexity index is 2420. The van der Waals surface area contributed by atoms with Gasteiger partial charge in [0.25, 0.3) is 0 Å². The summed E-state index contributed by atoms with van der Waals surface area (Å²) in [6.45, 7) is 0. The van der Waals surface area contributed by atoms with E-state index in [0.717, 1.165) is 0 Å². The highest BCUT2D eigenvalue weighted by atomic mass is 79.9. The molecule has 0 N–H and O–H groups in total. The van der Waals surface area contributed by atoms with Crippen LogP contribution in [-0.4, -0.2) is 0 Å². The van der Waals surface area contributed by atoms with Crippen LogP contribution in [0.4, 0.5) is 0 Å². The first kappa shape index (κ1) is 24.9. The van der Waals surface area contributed by atoms with Crippen LogP contribution in [0.2, 0.25) is 0 Å². The number of benzene rings is 8. The van der Waals surface area contributed by atoms with Gasteiger partial charge in [0.1, 0.15) is 0 Å². The summed E-state index contributed by atoms with van der Waals surface area (Å²) in [5, 5.41) is 8.24. The van der Waals surface area contributed by atoms with E-state index in [1.807, 2.05) is 0 Å². The molecule has 6 aliphatic carbocycles. The average molecular weight is 712 g/mol. The zero-order valence-electron chi connectivity index (χ0n) is 24.6. The van der Waals surface area contributed by atoms with Gasteiger partial charge in [0, 0.05) is 32.6 Å². The lowest BCUT2D eigenvalue weighted by Gasteiger charge is -2.44. The maximum Gasteiger partial charge on any atom is 0.0360 e. The molecule has 8 aromatic rings. The van der Waals surface area contributed by atoms with Crippen molar-refractivity contribution >= 4 is 64.2 Å². The van der Waals surface area contributed by atoms with E-state index < -0.39 is 0 Å². The lowest BCUT2D eigenvalue weighted by Crippen LogP contribution is -2.29. The minimum absolute atomic E-state index is 0.223. The van der Waals surface area contributed by atoms with Gasteiger partial charge in [-0.05, 0) is 131 Å². The van der Waals surface area contributed by atoms with E-state index in [2.05, 4.69) is 153 Å². The van der Waals surface area contributed by atoms with Gasteiger partial charge >= 0.3 is 0 Å². The summed E-state index contributed by atoms with van der Waals surface area (Å²) in [4.78, 5) is 0. The fourth-order valence-corrected chi connectivity index (χ4v) is 11.9. The summed E-state index contributed by atoms with van der Waals surface area (Å²) < 4.78 is 2.52. The third-order valence-electron chi connectivity index (χ3n) is 11.9. The average Bonchev–Trinajstić information content (AvgIpc) is 3.12. The van der Waals surface area contributed by atoms with E-state index in [4.69, 9.17) is 0 Å². The van der Waals surface area contributed by atoms with E-state index in [1.165, 1.54) is 108 Å². The van der Waals surface area contributed by atoms with E-state index >= 15 is 0 Å². The quantitative estimate of drug-likeness (QED) is 0.137. The molecule has 8 aromatic carbocycles. The maximum absolute atomic E-state index is 4.27. The summed E-state index contributed by atoms with van der Waals surface area (Å²) in [5.41, 5.74) is 17.6. The molecule has 0 heterocycles. The van der Waals surface area contributed by atoms with Crippen LogP contribution in [-0.2, 0) is 0 Å². The normalized spacial score (nSPS) is 20.8. The van der Waals surface area contributed by atoms with Crippen LogP contribution in [0.1, 0.15) is 90.4 Å². The number of halogens is 2. The predicted molar refractivity (Wildman–Crippen MR) is 195 cm³/mol. The van der Waals surface area contributed by atoms with Crippen molar-refractivity contribution in [3.05, 3.63) is 197 Å². The van der Waals surface area contributed by atoms with Crippen LogP contribution in [0.5, 0.6) is 0 Å². The Labute approximate surface area is 283 Å². The smallest absolute Gasteiger partial charge is 0.0360 e. The SMILES string of the molecule is Brc1c2c(c3ccc4c(Br)c5c(c6ccc1c3c46)C1c3ccccc3C5c3ccccc31)C1c3ccccc3C2c2ccccc21. The van der Waals surface area contributed by atoms with Crippen molar-refractivity contribution in [3.8, 4) is 0 Å². The molecule has 0 aliphatic heterocycles. The minimum atomic E-state index is 0.223. The molecule has 0 unspecified atom stereocenters. The first-order chi connectivity index (χ1) is 22.7. The fourth-order valence-electron chi connectivity index (χ4n) is 10.4. The van der Waals surface area contributed by atoms with E-state index in [9.17, 15) is 0 Å². The number of rotatable bonds is 0. The molecule has 0 fully saturated rings.